The van der Waals surface area contributed by atoms with Gasteiger partial charge in [-0.2, -0.15) is 5.10 Å². The van der Waals surface area contributed by atoms with Gasteiger partial charge in [-0.3, -0.25) is 9.48 Å². The lowest BCUT2D eigenvalue weighted by atomic mass is 10.1. The average molecular weight is 288 g/mol. The maximum Gasteiger partial charge on any atom is 0.249 e. The number of carbonyl (C=O) groups is 1. The number of hydrogen-bond donors (Lipinski definition) is 0. The first-order valence-electron chi connectivity index (χ1n) is 7.80. The van der Waals surface area contributed by atoms with E-state index in [0.717, 1.165) is 50.0 Å². The predicted octanol–water partition coefficient (Wildman–Crippen LogP) is 1.83. The second kappa shape index (κ2) is 6.02. The number of nitrogens with zero attached hydrogens (tertiary/aromatic N) is 4. The second-order valence-electron chi connectivity index (χ2n) is 6.32. The maximum atomic E-state index is 12.6. The highest BCUT2D eigenvalue weighted by Gasteiger charge is 2.30. The van der Waals surface area contributed by atoms with E-state index in [1.54, 1.807) is 0 Å². The Balaban J connectivity index is 1.75. The van der Waals surface area contributed by atoms with E-state index in [4.69, 9.17) is 0 Å². The van der Waals surface area contributed by atoms with E-state index < -0.39 is 0 Å². The summed E-state index contributed by atoms with van der Waals surface area (Å²) in [7, 11) is 4.16. The van der Waals surface area contributed by atoms with Gasteiger partial charge in [0.05, 0.1) is 18.3 Å². The van der Waals surface area contributed by atoms with Crippen LogP contribution in [0, 0.1) is 0 Å². The Morgan fingerprint density at radius 3 is 3.05 bits per heavy atom. The molecule has 1 aliphatic heterocycles. The van der Waals surface area contributed by atoms with Gasteiger partial charge in [-0.1, -0.05) is 6.08 Å². The molecule has 1 aliphatic carbocycles. The summed E-state index contributed by atoms with van der Waals surface area (Å²) in [4.78, 5) is 16.8. The van der Waals surface area contributed by atoms with Crippen LogP contribution in [0.5, 0.6) is 0 Å². The standard InChI is InChI=1S/C16H24N4O/c1-18(2)10-8-15-12-19(11-14-7-9-17-20(14)15)16(21)13-5-3-4-6-13/h5,7,9,15H,3-4,6,8,10-12H2,1-2H3/t15-/m1/s1. The smallest absolute Gasteiger partial charge is 0.249 e. The first-order chi connectivity index (χ1) is 10.1. The van der Waals surface area contributed by atoms with Crippen LogP contribution in [0.25, 0.3) is 0 Å². The fraction of sp³-hybridized carbons (Fsp3) is 0.625. The summed E-state index contributed by atoms with van der Waals surface area (Å²) in [6, 6.07) is 2.32. The largest absolute Gasteiger partial charge is 0.331 e. The molecule has 5 heteroatoms. The average Bonchev–Trinajstić information content (AvgIpc) is 3.14. The molecule has 21 heavy (non-hydrogen) atoms. The summed E-state index contributed by atoms with van der Waals surface area (Å²) in [5.74, 6) is 0.231. The van der Waals surface area contributed by atoms with Crippen molar-refractivity contribution in [3.63, 3.8) is 0 Å². The molecule has 0 radical (unpaired) electrons. The number of rotatable bonds is 4. The van der Waals surface area contributed by atoms with Gasteiger partial charge in [0.15, 0.2) is 0 Å². The number of aromatic nitrogens is 2. The highest BCUT2D eigenvalue weighted by molar-refractivity contribution is 5.93. The molecule has 0 bridgehead atoms. The molecule has 2 aliphatic rings. The first kappa shape index (κ1) is 14.3. The van der Waals surface area contributed by atoms with Crippen LogP contribution >= 0.6 is 0 Å². The van der Waals surface area contributed by atoms with Crippen LogP contribution in [-0.4, -0.2) is 52.7 Å². The third kappa shape index (κ3) is 3.02. The van der Waals surface area contributed by atoms with Gasteiger partial charge in [-0.25, -0.2) is 0 Å². The number of fused-ring (bicyclic) bond motifs is 1. The van der Waals surface area contributed by atoms with E-state index in [0.29, 0.717) is 6.54 Å². The Labute approximate surface area is 126 Å². The lowest BCUT2D eigenvalue weighted by molar-refractivity contribution is -0.129. The minimum Gasteiger partial charge on any atom is -0.331 e. The lowest BCUT2D eigenvalue weighted by Gasteiger charge is -2.34. The molecular weight excluding hydrogens is 264 g/mol. The Morgan fingerprint density at radius 2 is 2.33 bits per heavy atom. The van der Waals surface area contributed by atoms with E-state index in [9.17, 15) is 4.79 Å². The summed E-state index contributed by atoms with van der Waals surface area (Å²) in [5, 5.41) is 4.45. The molecule has 0 fully saturated rings. The van der Waals surface area contributed by atoms with Crippen molar-refractivity contribution in [3.8, 4) is 0 Å². The molecule has 0 saturated carbocycles. The third-order valence-corrected chi connectivity index (χ3v) is 4.39. The Kier molecular flexibility index (Phi) is 4.10. The monoisotopic (exact) mass is 288 g/mol. The van der Waals surface area contributed by atoms with Crippen LogP contribution in [0.4, 0.5) is 0 Å². The van der Waals surface area contributed by atoms with Crippen molar-refractivity contribution in [2.24, 2.45) is 0 Å². The van der Waals surface area contributed by atoms with Crippen molar-refractivity contribution in [2.75, 3.05) is 27.2 Å². The molecule has 0 N–H and O–H groups in total. The lowest BCUT2D eigenvalue weighted by Crippen LogP contribution is -2.42. The number of carbonyl (C=O) groups excluding carboxylic acids is 1. The topological polar surface area (TPSA) is 41.4 Å². The third-order valence-electron chi connectivity index (χ3n) is 4.39. The first-order valence-corrected chi connectivity index (χ1v) is 7.80. The van der Waals surface area contributed by atoms with Gasteiger partial charge >= 0.3 is 0 Å². The highest BCUT2D eigenvalue weighted by atomic mass is 16.2. The van der Waals surface area contributed by atoms with E-state index in [-0.39, 0.29) is 11.9 Å². The minimum absolute atomic E-state index is 0.231. The van der Waals surface area contributed by atoms with Gasteiger partial charge in [0, 0.05) is 18.3 Å². The summed E-state index contributed by atoms with van der Waals surface area (Å²) in [5.41, 5.74) is 2.16. The van der Waals surface area contributed by atoms with Crippen LogP contribution in [0.15, 0.2) is 23.9 Å². The number of allylic oxidation sites excluding steroid dienone is 1. The fourth-order valence-corrected chi connectivity index (χ4v) is 3.23. The zero-order valence-electron chi connectivity index (χ0n) is 13.0. The summed E-state index contributed by atoms with van der Waals surface area (Å²) >= 11 is 0. The SMILES string of the molecule is CN(C)CC[C@@H]1CN(C(=O)C2=CCCC2)Cc2ccnn21. The van der Waals surface area contributed by atoms with Crippen molar-refractivity contribution < 1.29 is 4.79 Å². The van der Waals surface area contributed by atoms with Crippen LogP contribution in [0.2, 0.25) is 0 Å². The maximum absolute atomic E-state index is 12.6. The van der Waals surface area contributed by atoms with Gasteiger partial charge in [0.2, 0.25) is 5.91 Å². The Morgan fingerprint density at radius 1 is 1.48 bits per heavy atom. The van der Waals surface area contributed by atoms with Crippen molar-refractivity contribution in [1.82, 2.24) is 19.6 Å². The van der Waals surface area contributed by atoms with Crippen LogP contribution < -0.4 is 0 Å². The van der Waals surface area contributed by atoms with Gasteiger partial charge in [0.1, 0.15) is 0 Å². The molecular formula is C16H24N4O. The van der Waals surface area contributed by atoms with E-state index >= 15 is 0 Å². The zero-order valence-corrected chi connectivity index (χ0v) is 13.0. The highest BCUT2D eigenvalue weighted by Crippen LogP contribution is 2.27. The molecule has 1 aromatic heterocycles. The molecule has 1 amide bonds. The number of amides is 1. The molecule has 0 unspecified atom stereocenters. The normalized spacial score (nSPS) is 21.6. The molecule has 1 aromatic rings. The zero-order chi connectivity index (χ0) is 14.8. The van der Waals surface area contributed by atoms with Gasteiger partial charge in [-0.15, -0.1) is 0 Å². The van der Waals surface area contributed by atoms with Gasteiger partial charge in [0.25, 0.3) is 0 Å². The van der Waals surface area contributed by atoms with E-state index in [1.165, 1.54) is 0 Å². The summed E-state index contributed by atoms with van der Waals surface area (Å²) in [6.45, 7) is 2.47. The Hall–Kier alpha value is -1.62. The molecule has 1 atom stereocenters. The molecule has 5 nitrogen and oxygen atoms in total. The van der Waals surface area contributed by atoms with Gasteiger partial charge in [-0.05, 0) is 52.4 Å². The van der Waals surface area contributed by atoms with Crippen molar-refractivity contribution >= 4 is 5.91 Å². The van der Waals surface area contributed by atoms with Crippen molar-refractivity contribution in [3.05, 3.63) is 29.6 Å². The quantitative estimate of drug-likeness (QED) is 0.849. The fourth-order valence-electron chi connectivity index (χ4n) is 3.23. The van der Waals surface area contributed by atoms with E-state index in [2.05, 4.69) is 34.9 Å². The summed E-state index contributed by atoms with van der Waals surface area (Å²) in [6.07, 6.45) is 8.10. The van der Waals surface area contributed by atoms with Crippen LogP contribution in [0.1, 0.15) is 37.4 Å². The summed E-state index contributed by atoms with van der Waals surface area (Å²) < 4.78 is 2.11. The molecule has 0 saturated heterocycles. The second-order valence-corrected chi connectivity index (χ2v) is 6.32. The van der Waals surface area contributed by atoms with E-state index in [1.807, 2.05) is 17.2 Å². The molecule has 0 aromatic carbocycles. The predicted molar refractivity (Wildman–Crippen MR) is 81.8 cm³/mol. The Bertz CT molecular complexity index is 546. The minimum atomic E-state index is 0.231. The number of hydrogen-bond acceptors (Lipinski definition) is 3. The molecule has 3 rings (SSSR count). The van der Waals surface area contributed by atoms with Crippen LogP contribution in [0.3, 0.4) is 0 Å². The van der Waals surface area contributed by atoms with Crippen molar-refractivity contribution in [1.29, 1.82) is 0 Å². The van der Waals surface area contributed by atoms with Gasteiger partial charge < -0.3 is 9.80 Å². The molecule has 114 valence electrons. The van der Waals surface area contributed by atoms with Crippen LogP contribution in [-0.2, 0) is 11.3 Å². The van der Waals surface area contributed by atoms with Crippen molar-refractivity contribution in [2.45, 2.75) is 38.3 Å². The molecule has 0 spiro atoms. The molecule has 2 heterocycles.